The van der Waals surface area contributed by atoms with Gasteiger partial charge in [-0.3, -0.25) is 10.1 Å². The molecule has 2 aromatic rings. The van der Waals surface area contributed by atoms with Crippen LogP contribution in [0.15, 0.2) is 48.5 Å². The molecule has 0 aliphatic rings. The first-order valence-electron chi connectivity index (χ1n) is 7.49. The number of rotatable bonds is 2. The Hall–Kier alpha value is -2.47. The minimum Gasteiger partial charge on any atom is -0.399 e. The van der Waals surface area contributed by atoms with Gasteiger partial charge in [0.2, 0.25) is 0 Å². The van der Waals surface area contributed by atoms with E-state index in [9.17, 15) is 9.59 Å². The fraction of sp³-hybridized carbons (Fsp3) is 0.222. The van der Waals surface area contributed by atoms with Crippen LogP contribution in [-0.4, -0.2) is 11.9 Å². The van der Waals surface area contributed by atoms with Crippen LogP contribution in [0.4, 0.5) is 16.2 Å². The molecule has 3 amide bonds. The predicted molar refractivity (Wildman–Crippen MR) is 100 cm³/mol. The number of urea groups is 1. The predicted octanol–water partition coefficient (Wildman–Crippen LogP) is 3.77. The lowest BCUT2D eigenvalue weighted by Crippen LogP contribution is -2.38. The molecule has 5 nitrogen and oxygen atoms in total. The van der Waals surface area contributed by atoms with E-state index < -0.39 is 11.9 Å². The molecule has 0 saturated carbocycles. The number of hydrogen-bond donors (Lipinski definition) is 3. The Balaban J connectivity index is 2.05. The van der Waals surface area contributed by atoms with Gasteiger partial charge >= 0.3 is 6.03 Å². The SMILES string of the molecule is CC(C)(C)c1ccc(C(=O)NC(=O)N(S)c2ccc(N)cc2)cc1. The first-order chi connectivity index (χ1) is 11.2. The molecule has 3 N–H and O–H groups in total. The van der Waals surface area contributed by atoms with Crippen LogP contribution in [0, 0.1) is 0 Å². The number of nitrogens with one attached hydrogen (secondary N) is 1. The second kappa shape index (κ2) is 6.97. The largest absolute Gasteiger partial charge is 0.399 e. The molecule has 2 rings (SSSR count). The molecule has 0 atom stereocenters. The van der Waals surface area contributed by atoms with Crippen molar-refractivity contribution >= 4 is 36.1 Å². The molecule has 0 unspecified atom stereocenters. The molecule has 2 aromatic carbocycles. The average molecular weight is 343 g/mol. The van der Waals surface area contributed by atoms with Gasteiger partial charge in [-0.1, -0.05) is 45.7 Å². The zero-order valence-electron chi connectivity index (χ0n) is 13.9. The zero-order valence-corrected chi connectivity index (χ0v) is 14.8. The Bertz CT molecular complexity index is 734. The summed E-state index contributed by atoms with van der Waals surface area (Å²) in [5.41, 5.74) is 8.23. The fourth-order valence-electron chi connectivity index (χ4n) is 2.08. The highest BCUT2D eigenvalue weighted by molar-refractivity contribution is 7.82. The van der Waals surface area contributed by atoms with E-state index in [1.807, 2.05) is 12.1 Å². The van der Waals surface area contributed by atoms with E-state index in [0.717, 1.165) is 9.87 Å². The summed E-state index contributed by atoms with van der Waals surface area (Å²) in [7, 11) is 0. The summed E-state index contributed by atoms with van der Waals surface area (Å²) in [5.74, 6) is -0.477. The van der Waals surface area contributed by atoms with Gasteiger partial charge in [-0.05, 0) is 47.4 Å². The Morgan fingerprint density at radius 2 is 1.54 bits per heavy atom. The number of thiol groups is 1. The Morgan fingerprint density at radius 1 is 1.00 bits per heavy atom. The lowest BCUT2D eigenvalue weighted by atomic mass is 9.87. The molecule has 0 radical (unpaired) electrons. The number of imide groups is 1. The molecular weight excluding hydrogens is 322 g/mol. The number of hydrogen-bond acceptors (Lipinski definition) is 4. The first kappa shape index (κ1) is 17.9. The summed E-state index contributed by atoms with van der Waals surface area (Å²) in [6.07, 6.45) is 0. The second-order valence-electron chi connectivity index (χ2n) is 6.49. The molecule has 0 aliphatic carbocycles. The van der Waals surface area contributed by atoms with Crippen LogP contribution < -0.4 is 15.4 Å². The van der Waals surface area contributed by atoms with Crippen LogP contribution in [-0.2, 0) is 5.41 Å². The molecule has 0 spiro atoms. The van der Waals surface area contributed by atoms with E-state index in [4.69, 9.17) is 5.73 Å². The van der Waals surface area contributed by atoms with E-state index in [1.54, 1.807) is 36.4 Å². The number of anilines is 2. The van der Waals surface area contributed by atoms with Crippen molar-refractivity contribution in [3.63, 3.8) is 0 Å². The van der Waals surface area contributed by atoms with E-state index in [1.165, 1.54) is 0 Å². The zero-order chi connectivity index (χ0) is 17.9. The lowest BCUT2D eigenvalue weighted by molar-refractivity contribution is 0.0966. The minimum absolute atomic E-state index is 0.00186. The van der Waals surface area contributed by atoms with Crippen molar-refractivity contribution < 1.29 is 9.59 Å². The Kier molecular flexibility index (Phi) is 5.19. The molecular formula is C18H21N3O2S. The lowest BCUT2D eigenvalue weighted by Gasteiger charge is -2.19. The van der Waals surface area contributed by atoms with E-state index >= 15 is 0 Å². The van der Waals surface area contributed by atoms with Crippen molar-refractivity contribution in [2.24, 2.45) is 0 Å². The molecule has 126 valence electrons. The maximum absolute atomic E-state index is 12.2. The normalized spacial score (nSPS) is 11.0. The van der Waals surface area contributed by atoms with Crippen molar-refractivity contribution in [1.82, 2.24) is 5.32 Å². The highest BCUT2D eigenvalue weighted by Gasteiger charge is 2.18. The van der Waals surface area contributed by atoms with E-state index in [-0.39, 0.29) is 5.41 Å². The highest BCUT2D eigenvalue weighted by atomic mass is 32.1. The average Bonchev–Trinajstić information content (AvgIpc) is 2.54. The van der Waals surface area contributed by atoms with Crippen LogP contribution in [0.1, 0.15) is 36.7 Å². The van der Waals surface area contributed by atoms with Crippen LogP contribution in [0.2, 0.25) is 0 Å². The third kappa shape index (κ3) is 4.29. The number of nitrogens with two attached hydrogens (primary N) is 1. The molecule has 6 heteroatoms. The topological polar surface area (TPSA) is 75.4 Å². The van der Waals surface area contributed by atoms with Gasteiger partial charge in [-0.25, -0.2) is 9.10 Å². The van der Waals surface area contributed by atoms with Crippen LogP contribution in [0.3, 0.4) is 0 Å². The first-order valence-corrected chi connectivity index (χ1v) is 7.89. The number of nitrogens with zero attached hydrogens (tertiary/aromatic N) is 1. The second-order valence-corrected chi connectivity index (χ2v) is 6.89. The van der Waals surface area contributed by atoms with Crippen molar-refractivity contribution in [1.29, 1.82) is 0 Å². The van der Waals surface area contributed by atoms with Crippen molar-refractivity contribution in [2.75, 3.05) is 10.0 Å². The summed E-state index contributed by atoms with van der Waals surface area (Å²) in [6, 6.07) is 13.1. The summed E-state index contributed by atoms with van der Waals surface area (Å²) in [4.78, 5) is 24.3. The van der Waals surface area contributed by atoms with Gasteiger partial charge in [-0.2, -0.15) is 0 Å². The standard InChI is InChI=1S/C18H21N3O2S/c1-18(2,3)13-6-4-12(5-7-13)16(22)20-17(23)21(24)15-10-8-14(19)9-11-15/h4-11,24H,19H2,1-3H3,(H,20,22,23). The van der Waals surface area contributed by atoms with Crippen molar-refractivity contribution in [3.8, 4) is 0 Å². The van der Waals surface area contributed by atoms with E-state index in [0.29, 0.717) is 16.9 Å². The van der Waals surface area contributed by atoms with Gasteiger partial charge in [0, 0.05) is 11.3 Å². The van der Waals surface area contributed by atoms with Gasteiger partial charge < -0.3 is 5.73 Å². The Morgan fingerprint density at radius 3 is 2.04 bits per heavy atom. The highest BCUT2D eigenvalue weighted by Crippen LogP contribution is 2.22. The van der Waals surface area contributed by atoms with Gasteiger partial charge in [-0.15, -0.1) is 0 Å². The van der Waals surface area contributed by atoms with Gasteiger partial charge in [0.15, 0.2) is 0 Å². The van der Waals surface area contributed by atoms with Gasteiger partial charge in [0.1, 0.15) is 0 Å². The minimum atomic E-state index is -0.631. The number of carbonyl (C=O) groups excluding carboxylic acids is 2. The summed E-state index contributed by atoms with van der Waals surface area (Å²) in [5, 5.41) is 2.31. The molecule has 0 aromatic heterocycles. The maximum Gasteiger partial charge on any atom is 0.338 e. The van der Waals surface area contributed by atoms with Crippen molar-refractivity contribution in [3.05, 3.63) is 59.7 Å². The molecule has 0 heterocycles. The molecule has 0 saturated heterocycles. The number of amides is 3. The molecule has 0 aliphatic heterocycles. The third-order valence-corrected chi connectivity index (χ3v) is 3.98. The summed E-state index contributed by atoms with van der Waals surface area (Å²) in [6.45, 7) is 6.28. The summed E-state index contributed by atoms with van der Waals surface area (Å²) < 4.78 is 1.06. The van der Waals surface area contributed by atoms with Crippen LogP contribution in [0.25, 0.3) is 0 Å². The van der Waals surface area contributed by atoms with Crippen LogP contribution >= 0.6 is 12.8 Å². The van der Waals surface area contributed by atoms with E-state index in [2.05, 4.69) is 38.9 Å². The number of carbonyl (C=O) groups is 2. The number of nitrogen functional groups attached to an aromatic ring is 1. The van der Waals surface area contributed by atoms with Crippen LogP contribution in [0.5, 0.6) is 0 Å². The van der Waals surface area contributed by atoms with Crippen molar-refractivity contribution in [2.45, 2.75) is 26.2 Å². The molecule has 24 heavy (non-hydrogen) atoms. The fourth-order valence-corrected chi connectivity index (χ4v) is 2.26. The monoisotopic (exact) mass is 343 g/mol. The van der Waals surface area contributed by atoms with Gasteiger partial charge in [0.25, 0.3) is 5.91 Å². The Labute approximate surface area is 147 Å². The van der Waals surface area contributed by atoms with Gasteiger partial charge in [0.05, 0.1) is 5.69 Å². The number of benzene rings is 2. The third-order valence-electron chi connectivity index (χ3n) is 3.56. The molecule has 0 bridgehead atoms. The summed E-state index contributed by atoms with van der Waals surface area (Å²) >= 11 is 4.12. The smallest absolute Gasteiger partial charge is 0.338 e. The maximum atomic E-state index is 12.2. The molecule has 0 fully saturated rings. The quantitative estimate of drug-likeness (QED) is 0.574.